The minimum Gasteiger partial charge on any atom is -0.307 e. The summed E-state index contributed by atoms with van der Waals surface area (Å²) >= 11 is 12.4. The van der Waals surface area contributed by atoms with E-state index in [1.54, 1.807) is 24.5 Å². The third-order valence-electron chi connectivity index (χ3n) is 4.83. The third-order valence-corrected chi connectivity index (χ3v) is 5.69. The maximum atomic E-state index is 12.1. The fourth-order valence-electron chi connectivity index (χ4n) is 3.46. The molecule has 0 spiro atoms. The number of aromatic nitrogens is 3. The lowest BCUT2D eigenvalue weighted by Crippen LogP contribution is -2.21. The number of nitrogens with zero attached hydrogens (tertiary/aromatic N) is 3. The third kappa shape index (κ3) is 4.05. The predicted molar refractivity (Wildman–Crippen MR) is 107 cm³/mol. The SMILES string of the molecule is O=c1cc(C2CCN(Cc3cccc(Cl)c3Cl)C2)nc(-c2ccncc2)[nH]1. The van der Waals surface area contributed by atoms with Crippen LogP contribution in [0.15, 0.2) is 53.6 Å². The van der Waals surface area contributed by atoms with Crippen LogP contribution in [0.1, 0.15) is 23.6 Å². The highest BCUT2D eigenvalue weighted by Gasteiger charge is 2.26. The molecule has 1 N–H and O–H groups in total. The number of pyridine rings is 1. The second-order valence-corrected chi connectivity index (χ2v) is 7.47. The Morgan fingerprint density at radius 2 is 2.00 bits per heavy atom. The molecule has 0 saturated carbocycles. The average molecular weight is 401 g/mol. The summed E-state index contributed by atoms with van der Waals surface area (Å²) in [6.07, 6.45) is 4.33. The van der Waals surface area contributed by atoms with Crippen LogP contribution < -0.4 is 5.56 Å². The molecule has 0 aliphatic carbocycles. The lowest BCUT2D eigenvalue weighted by atomic mass is 10.0. The van der Waals surface area contributed by atoms with Crippen molar-refractivity contribution < 1.29 is 0 Å². The number of likely N-dealkylation sites (tertiary alicyclic amines) is 1. The zero-order valence-electron chi connectivity index (χ0n) is 14.5. The molecule has 1 fully saturated rings. The van der Waals surface area contributed by atoms with E-state index in [1.165, 1.54) is 0 Å². The number of hydrogen-bond acceptors (Lipinski definition) is 4. The normalized spacial score (nSPS) is 17.3. The fraction of sp³-hybridized carbons (Fsp3) is 0.250. The summed E-state index contributed by atoms with van der Waals surface area (Å²) in [6, 6.07) is 11.0. The Labute approximate surface area is 167 Å². The van der Waals surface area contributed by atoms with Gasteiger partial charge < -0.3 is 4.98 Å². The van der Waals surface area contributed by atoms with Crippen LogP contribution in [0, 0.1) is 0 Å². The van der Waals surface area contributed by atoms with Crippen LogP contribution in [0.5, 0.6) is 0 Å². The van der Waals surface area contributed by atoms with Gasteiger partial charge >= 0.3 is 0 Å². The molecule has 5 nitrogen and oxygen atoms in total. The van der Waals surface area contributed by atoms with Gasteiger partial charge in [-0.25, -0.2) is 4.98 Å². The van der Waals surface area contributed by atoms with Crippen LogP contribution in [0.25, 0.3) is 11.4 Å². The number of H-pyrrole nitrogens is 1. The predicted octanol–water partition coefficient (Wildman–Crippen LogP) is 4.13. The lowest BCUT2D eigenvalue weighted by molar-refractivity contribution is 0.326. The molecule has 1 aliphatic rings. The maximum absolute atomic E-state index is 12.1. The van der Waals surface area contributed by atoms with Gasteiger partial charge in [0.2, 0.25) is 0 Å². The first-order valence-corrected chi connectivity index (χ1v) is 9.52. The molecule has 3 aromatic rings. The van der Waals surface area contributed by atoms with E-state index in [2.05, 4.69) is 14.9 Å². The molecular formula is C20H18Cl2N4O. The van der Waals surface area contributed by atoms with E-state index in [0.29, 0.717) is 15.9 Å². The minimum absolute atomic E-state index is 0.136. The van der Waals surface area contributed by atoms with Gasteiger partial charge in [-0.3, -0.25) is 14.7 Å². The fourth-order valence-corrected chi connectivity index (χ4v) is 3.84. The van der Waals surface area contributed by atoms with Gasteiger partial charge in [0, 0.05) is 43.0 Å². The van der Waals surface area contributed by atoms with Gasteiger partial charge in [-0.2, -0.15) is 0 Å². The van der Waals surface area contributed by atoms with Crippen LogP contribution >= 0.6 is 23.2 Å². The standard InChI is InChI=1S/C20H18Cl2N4O/c21-16-3-1-2-15(19(16)22)12-26-9-6-14(11-26)17-10-18(27)25-20(24-17)13-4-7-23-8-5-13/h1-5,7-8,10,14H,6,9,11-12H2,(H,24,25,27). The minimum atomic E-state index is -0.136. The first-order valence-electron chi connectivity index (χ1n) is 8.77. The second kappa shape index (κ2) is 7.80. The van der Waals surface area contributed by atoms with E-state index in [9.17, 15) is 4.79 Å². The molecule has 1 saturated heterocycles. The molecule has 27 heavy (non-hydrogen) atoms. The Morgan fingerprint density at radius 3 is 2.81 bits per heavy atom. The molecule has 138 valence electrons. The molecule has 1 aliphatic heterocycles. The summed E-state index contributed by atoms with van der Waals surface area (Å²) in [4.78, 5) is 26.0. The Balaban J connectivity index is 1.53. The van der Waals surface area contributed by atoms with Gasteiger partial charge in [0.1, 0.15) is 5.82 Å². The van der Waals surface area contributed by atoms with Crippen LogP contribution in [-0.4, -0.2) is 32.9 Å². The molecule has 4 rings (SSSR count). The van der Waals surface area contributed by atoms with Crippen molar-refractivity contribution in [1.29, 1.82) is 0 Å². The van der Waals surface area contributed by atoms with E-state index in [0.717, 1.165) is 42.9 Å². The summed E-state index contributed by atoms with van der Waals surface area (Å²) < 4.78 is 0. The highest BCUT2D eigenvalue weighted by Crippen LogP contribution is 2.31. The molecule has 3 heterocycles. The molecule has 7 heteroatoms. The first-order chi connectivity index (χ1) is 13.1. The van der Waals surface area contributed by atoms with Crippen molar-refractivity contribution in [1.82, 2.24) is 19.9 Å². The zero-order chi connectivity index (χ0) is 18.8. The number of hydrogen-bond donors (Lipinski definition) is 1. The molecule has 1 aromatic carbocycles. The molecular weight excluding hydrogens is 383 g/mol. The average Bonchev–Trinajstić information content (AvgIpc) is 3.14. The van der Waals surface area contributed by atoms with Crippen LogP contribution in [0.4, 0.5) is 0 Å². The monoisotopic (exact) mass is 400 g/mol. The second-order valence-electron chi connectivity index (χ2n) is 6.69. The van der Waals surface area contributed by atoms with Crippen molar-refractivity contribution in [3.63, 3.8) is 0 Å². The largest absolute Gasteiger partial charge is 0.307 e. The number of aromatic amines is 1. The van der Waals surface area contributed by atoms with Gasteiger partial charge in [0.05, 0.1) is 15.7 Å². The quantitative estimate of drug-likeness (QED) is 0.714. The summed E-state index contributed by atoms with van der Waals surface area (Å²) in [6.45, 7) is 2.48. The number of nitrogens with one attached hydrogen (secondary N) is 1. The molecule has 2 aromatic heterocycles. The Morgan fingerprint density at radius 1 is 1.19 bits per heavy atom. The lowest BCUT2D eigenvalue weighted by Gasteiger charge is -2.17. The number of halogens is 2. The van der Waals surface area contributed by atoms with Gasteiger partial charge in [0.25, 0.3) is 5.56 Å². The van der Waals surface area contributed by atoms with Crippen molar-refractivity contribution in [3.05, 3.63) is 80.4 Å². The number of rotatable bonds is 4. The van der Waals surface area contributed by atoms with Gasteiger partial charge in [-0.05, 0) is 36.7 Å². The van der Waals surface area contributed by atoms with Gasteiger partial charge in [0.15, 0.2) is 0 Å². The van der Waals surface area contributed by atoms with Crippen molar-refractivity contribution in [2.45, 2.75) is 18.9 Å². The van der Waals surface area contributed by atoms with Crippen LogP contribution in [0.3, 0.4) is 0 Å². The molecule has 0 amide bonds. The highest BCUT2D eigenvalue weighted by atomic mass is 35.5. The van der Waals surface area contributed by atoms with Crippen LogP contribution in [0.2, 0.25) is 10.0 Å². The van der Waals surface area contributed by atoms with Crippen LogP contribution in [-0.2, 0) is 6.54 Å². The van der Waals surface area contributed by atoms with Crippen molar-refractivity contribution in [3.8, 4) is 11.4 Å². The molecule has 0 bridgehead atoms. The summed E-state index contributed by atoms with van der Waals surface area (Å²) in [5, 5.41) is 1.18. The smallest absolute Gasteiger partial charge is 0.251 e. The van der Waals surface area contributed by atoms with E-state index in [4.69, 9.17) is 28.2 Å². The van der Waals surface area contributed by atoms with E-state index >= 15 is 0 Å². The Bertz CT molecular complexity index is 1010. The van der Waals surface area contributed by atoms with Gasteiger partial charge in [-0.15, -0.1) is 0 Å². The van der Waals surface area contributed by atoms with Gasteiger partial charge in [-0.1, -0.05) is 35.3 Å². The molecule has 1 unspecified atom stereocenters. The molecule has 0 radical (unpaired) electrons. The topological polar surface area (TPSA) is 61.9 Å². The maximum Gasteiger partial charge on any atom is 0.251 e. The zero-order valence-corrected chi connectivity index (χ0v) is 16.0. The summed E-state index contributed by atoms with van der Waals surface area (Å²) in [5.41, 5.74) is 2.55. The Kier molecular flexibility index (Phi) is 5.25. The summed E-state index contributed by atoms with van der Waals surface area (Å²) in [5.74, 6) is 0.794. The van der Waals surface area contributed by atoms with E-state index in [1.807, 2.05) is 24.3 Å². The first kappa shape index (κ1) is 18.2. The summed E-state index contributed by atoms with van der Waals surface area (Å²) in [7, 11) is 0. The highest BCUT2D eigenvalue weighted by molar-refractivity contribution is 6.42. The van der Waals surface area contributed by atoms with Crippen molar-refractivity contribution >= 4 is 23.2 Å². The Hall–Kier alpha value is -2.21. The van der Waals surface area contributed by atoms with Crippen molar-refractivity contribution in [2.75, 3.05) is 13.1 Å². The molecule has 1 atom stereocenters. The number of benzene rings is 1. The van der Waals surface area contributed by atoms with E-state index < -0.39 is 0 Å². The van der Waals surface area contributed by atoms with E-state index in [-0.39, 0.29) is 11.5 Å². The van der Waals surface area contributed by atoms with Crippen molar-refractivity contribution in [2.24, 2.45) is 0 Å².